The Balaban J connectivity index is 1.99. The number of carbonyl (C=O) groups is 2. The lowest BCUT2D eigenvalue weighted by Gasteiger charge is -2.33. The van der Waals surface area contributed by atoms with E-state index in [1.165, 1.54) is 29.2 Å². The first-order valence-corrected chi connectivity index (χ1v) is 15.6. The molecular formula is C32H40FN3O5S. The van der Waals surface area contributed by atoms with Crippen molar-refractivity contribution in [1.82, 2.24) is 10.2 Å². The van der Waals surface area contributed by atoms with Gasteiger partial charge in [0.2, 0.25) is 11.8 Å². The minimum atomic E-state index is -4.26. The lowest BCUT2D eigenvalue weighted by atomic mass is 10.1. The van der Waals surface area contributed by atoms with Gasteiger partial charge >= 0.3 is 0 Å². The molecule has 0 unspecified atom stereocenters. The van der Waals surface area contributed by atoms with Crippen LogP contribution in [0.3, 0.4) is 0 Å². The second-order valence-corrected chi connectivity index (χ2v) is 12.1. The maximum atomic E-state index is 14.0. The van der Waals surface area contributed by atoms with Crippen LogP contribution < -0.4 is 14.4 Å². The van der Waals surface area contributed by atoms with Gasteiger partial charge in [-0.15, -0.1) is 0 Å². The second kappa shape index (κ2) is 15.3. The molecule has 3 aromatic rings. The SMILES string of the molecule is CCOc1ccc(S(=O)(=O)N(CC(=O)N(CCc2ccccc2)[C@@H](CC)C(=O)NCC(C)C)c2ccc(F)cc2)cc1. The summed E-state index contributed by atoms with van der Waals surface area (Å²) < 4.78 is 48.0. The summed E-state index contributed by atoms with van der Waals surface area (Å²) in [5.74, 6) is -0.660. The van der Waals surface area contributed by atoms with Crippen LogP contribution in [0, 0.1) is 11.7 Å². The van der Waals surface area contributed by atoms with E-state index in [1.807, 2.05) is 58.0 Å². The molecule has 0 heterocycles. The molecule has 0 radical (unpaired) electrons. The molecule has 0 aliphatic heterocycles. The molecule has 42 heavy (non-hydrogen) atoms. The fourth-order valence-corrected chi connectivity index (χ4v) is 5.87. The largest absolute Gasteiger partial charge is 0.494 e. The molecule has 10 heteroatoms. The maximum Gasteiger partial charge on any atom is 0.264 e. The average Bonchev–Trinajstić information content (AvgIpc) is 2.98. The highest BCUT2D eigenvalue weighted by molar-refractivity contribution is 7.92. The Labute approximate surface area is 248 Å². The zero-order valence-corrected chi connectivity index (χ0v) is 25.4. The number of halogens is 1. The molecule has 0 fully saturated rings. The lowest BCUT2D eigenvalue weighted by molar-refractivity contribution is -0.139. The number of rotatable bonds is 15. The van der Waals surface area contributed by atoms with Crippen LogP contribution in [0.15, 0.2) is 83.8 Å². The Morgan fingerprint density at radius 1 is 0.929 bits per heavy atom. The highest BCUT2D eigenvalue weighted by Crippen LogP contribution is 2.26. The number of carbonyl (C=O) groups excluding carboxylic acids is 2. The van der Waals surface area contributed by atoms with E-state index in [0.29, 0.717) is 31.7 Å². The van der Waals surface area contributed by atoms with Gasteiger partial charge in [-0.2, -0.15) is 0 Å². The van der Waals surface area contributed by atoms with Crippen molar-refractivity contribution in [2.45, 2.75) is 51.5 Å². The summed E-state index contributed by atoms with van der Waals surface area (Å²) in [7, 11) is -4.26. The molecule has 3 rings (SSSR count). The summed E-state index contributed by atoms with van der Waals surface area (Å²) >= 11 is 0. The fourth-order valence-electron chi connectivity index (χ4n) is 4.46. The van der Waals surface area contributed by atoms with Gasteiger partial charge in [-0.1, -0.05) is 51.1 Å². The van der Waals surface area contributed by atoms with Crippen LogP contribution in [0.4, 0.5) is 10.1 Å². The molecule has 0 saturated carbocycles. The van der Waals surface area contributed by atoms with Crippen molar-refractivity contribution in [3.05, 3.63) is 90.2 Å². The summed E-state index contributed by atoms with van der Waals surface area (Å²) in [4.78, 5) is 28.7. The summed E-state index contributed by atoms with van der Waals surface area (Å²) in [6.45, 7) is 8.09. The van der Waals surface area contributed by atoms with E-state index < -0.39 is 34.3 Å². The van der Waals surface area contributed by atoms with Crippen molar-refractivity contribution in [2.75, 3.05) is 30.5 Å². The molecular weight excluding hydrogens is 557 g/mol. The molecule has 0 aliphatic rings. The van der Waals surface area contributed by atoms with E-state index in [1.54, 1.807) is 12.1 Å². The van der Waals surface area contributed by atoms with Gasteiger partial charge in [0, 0.05) is 13.1 Å². The molecule has 0 bridgehead atoms. The van der Waals surface area contributed by atoms with Crippen LogP contribution >= 0.6 is 0 Å². The zero-order chi connectivity index (χ0) is 30.7. The van der Waals surface area contributed by atoms with E-state index in [4.69, 9.17) is 4.74 Å². The summed E-state index contributed by atoms with van der Waals surface area (Å²) in [6, 6.07) is 19.6. The number of sulfonamides is 1. The number of hydrogen-bond donors (Lipinski definition) is 1. The van der Waals surface area contributed by atoms with E-state index in [9.17, 15) is 22.4 Å². The van der Waals surface area contributed by atoms with Crippen LogP contribution in [0.2, 0.25) is 0 Å². The molecule has 8 nitrogen and oxygen atoms in total. The first kappa shape index (κ1) is 32.6. The second-order valence-electron chi connectivity index (χ2n) is 10.3. The Bertz CT molecular complexity index is 1400. The van der Waals surface area contributed by atoms with Gasteiger partial charge in [0.05, 0.1) is 17.2 Å². The number of anilines is 1. The lowest BCUT2D eigenvalue weighted by Crippen LogP contribution is -2.53. The number of ether oxygens (including phenoxy) is 1. The van der Waals surface area contributed by atoms with Crippen molar-refractivity contribution in [2.24, 2.45) is 5.92 Å². The highest BCUT2D eigenvalue weighted by Gasteiger charge is 2.33. The van der Waals surface area contributed by atoms with E-state index in [-0.39, 0.29) is 29.0 Å². The number of nitrogens with zero attached hydrogens (tertiary/aromatic N) is 2. The monoisotopic (exact) mass is 597 g/mol. The van der Waals surface area contributed by atoms with Gasteiger partial charge in [0.15, 0.2) is 0 Å². The van der Waals surface area contributed by atoms with Crippen molar-refractivity contribution in [3.63, 3.8) is 0 Å². The molecule has 0 aliphatic carbocycles. The minimum absolute atomic E-state index is 0.0550. The van der Waals surface area contributed by atoms with Crippen LogP contribution in [-0.2, 0) is 26.0 Å². The minimum Gasteiger partial charge on any atom is -0.494 e. The third kappa shape index (κ3) is 8.79. The summed E-state index contributed by atoms with van der Waals surface area (Å²) in [6.07, 6.45) is 0.815. The molecule has 0 spiro atoms. The quantitative estimate of drug-likeness (QED) is 0.265. The molecule has 0 aromatic heterocycles. The normalized spacial score (nSPS) is 12.0. The first-order chi connectivity index (χ1) is 20.1. The van der Waals surface area contributed by atoms with Crippen LogP contribution in [0.5, 0.6) is 5.75 Å². The van der Waals surface area contributed by atoms with Gasteiger partial charge in [-0.3, -0.25) is 13.9 Å². The Kier molecular flexibility index (Phi) is 11.9. The van der Waals surface area contributed by atoms with Crippen molar-refractivity contribution in [3.8, 4) is 5.75 Å². The van der Waals surface area contributed by atoms with Crippen molar-refractivity contribution < 1.29 is 27.1 Å². The van der Waals surface area contributed by atoms with Crippen LogP contribution in [0.25, 0.3) is 0 Å². The Morgan fingerprint density at radius 2 is 1.57 bits per heavy atom. The number of hydrogen-bond acceptors (Lipinski definition) is 5. The van der Waals surface area contributed by atoms with E-state index in [0.717, 1.165) is 22.0 Å². The van der Waals surface area contributed by atoms with Crippen LogP contribution in [-0.4, -0.2) is 57.4 Å². The predicted octanol–water partition coefficient (Wildman–Crippen LogP) is 5.04. The molecule has 1 atom stereocenters. The first-order valence-electron chi connectivity index (χ1n) is 14.2. The smallest absolute Gasteiger partial charge is 0.264 e. The third-order valence-corrected chi connectivity index (χ3v) is 8.46. The number of nitrogens with one attached hydrogen (secondary N) is 1. The van der Waals surface area contributed by atoms with Gasteiger partial charge in [-0.05, 0) is 79.8 Å². The van der Waals surface area contributed by atoms with Gasteiger partial charge in [0.25, 0.3) is 10.0 Å². The number of amides is 2. The standard InChI is InChI=1S/C32H40FN3O5S/c1-5-30(32(38)34-22-24(3)4)35(21-20-25-10-8-7-9-11-25)31(37)23-36(27-14-12-26(33)13-15-27)42(39,40)29-18-16-28(17-19-29)41-6-2/h7-19,24,30H,5-6,20-23H2,1-4H3,(H,34,38)/t30-/m0/s1. The topological polar surface area (TPSA) is 96.0 Å². The van der Waals surface area contributed by atoms with Gasteiger partial charge in [-0.25, -0.2) is 12.8 Å². The predicted molar refractivity (Wildman–Crippen MR) is 162 cm³/mol. The van der Waals surface area contributed by atoms with Gasteiger partial charge < -0.3 is 15.0 Å². The molecule has 0 saturated heterocycles. The van der Waals surface area contributed by atoms with Crippen LogP contribution in [0.1, 0.15) is 39.7 Å². The van der Waals surface area contributed by atoms with Crippen molar-refractivity contribution >= 4 is 27.5 Å². The summed E-state index contributed by atoms with van der Waals surface area (Å²) in [5.41, 5.74) is 1.10. The van der Waals surface area contributed by atoms with E-state index >= 15 is 0 Å². The molecule has 3 aromatic carbocycles. The average molecular weight is 598 g/mol. The summed E-state index contributed by atoms with van der Waals surface area (Å²) in [5, 5.41) is 2.91. The molecule has 226 valence electrons. The Hall–Kier alpha value is -3.92. The molecule has 1 N–H and O–H groups in total. The van der Waals surface area contributed by atoms with E-state index in [2.05, 4.69) is 5.32 Å². The zero-order valence-electron chi connectivity index (χ0n) is 24.6. The maximum absolute atomic E-state index is 14.0. The third-order valence-electron chi connectivity index (χ3n) is 6.67. The highest BCUT2D eigenvalue weighted by atomic mass is 32.2. The van der Waals surface area contributed by atoms with Crippen molar-refractivity contribution in [1.29, 1.82) is 0 Å². The number of benzene rings is 3. The Morgan fingerprint density at radius 3 is 2.14 bits per heavy atom. The molecule has 2 amide bonds. The van der Waals surface area contributed by atoms with Gasteiger partial charge in [0.1, 0.15) is 24.2 Å². The fraction of sp³-hybridized carbons (Fsp3) is 0.375.